The zero-order valence-corrected chi connectivity index (χ0v) is 30.4. The number of halogens is 1. The largest absolute Gasteiger partial charge is 0.496 e. The van der Waals surface area contributed by atoms with Crippen molar-refractivity contribution in [1.29, 1.82) is 0 Å². The standard InChI is InChI=1S/C16H25BN2O2.C10H13BrN2.C10H14N2/c1-15(2)16(3,4)21-17(20-15)13-9-12(10-18-11-13)14-7-6-8-19(14)5;1-13-4-2-3-10(13)8-5-9(11)7-12-6-8;1-12-7-3-5-10(12)9-4-2-6-11-8-9/h9-11,14H,6-8H2,1-5H3;5-7,10H,2-4H2,1H3;2,4,6,8,10H,3,5,7H2,1H3/t14-;2*10-/m000/s1. The average molecular weight is 692 g/mol. The summed E-state index contributed by atoms with van der Waals surface area (Å²) in [6.07, 6.45) is 19.1. The van der Waals surface area contributed by atoms with E-state index in [1.165, 1.54) is 68.3 Å². The van der Waals surface area contributed by atoms with Gasteiger partial charge in [-0.3, -0.25) is 29.7 Å². The van der Waals surface area contributed by atoms with Gasteiger partial charge in [0.1, 0.15) is 0 Å². The van der Waals surface area contributed by atoms with E-state index in [4.69, 9.17) is 9.31 Å². The van der Waals surface area contributed by atoms with Crippen LogP contribution in [0.1, 0.15) is 101 Å². The van der Waals surface area contributed by atoms with Gasteiger partial charge in [-0.1, -0.05) is 12.1 Å². The van der Waals surface area contributed by atoms with Gasteiger partial charge in [-0.25, -0.2) is 0 Å². The number of nitrogens with zero attached hydrogens (tertiary/aromatic N) is 6. The van der Waals surface area contributed by atoms with Crippen LogP contribution in [0.3, 0.4) is 0 Å². The number of rotatable bonds is 4. The summed E-state index contributed by atoms with van der Waals surface area (Å²) in [4.78, 5) is 19.9. The van der Waals surface area contributed by atoms with Crippen molar-refractivity contribution in [2.24, 2.45) is 0 Å². The maximum absolute atomic E-state index is 6.12. The zero-order chi connectivity index (χ0) is 32.9. The van der Waals surface area contributed by atoms with Crippen LogP contribution < -0.4 is 5.46 Å². The Morgan fingerprint density at radius 1 is 0.674 bits per heavy atom. The van der Waals surface area contributed by atoms with Gasteiger partial charge in [0.25, 0.3) is 0 Å². The lowest BCUT2D eigenvalue weighted by atomic mass is 9.79. The van der Waals surface area contributed by atoms with E-state index < -0.39 is 0 Å². The quantitative estimate of drug-likeness (QED) is 0.284. The number of pyridine rings is 3. The Bertz CT molecular complexity index is 1400. The van der Waals surface area contributed by atoms with E-state index in [2.05, 4.69) is 113 Å². The van der Waals surface area contributed by atoms with E-state index in [0.717, 1.165) is 16.5 Å². The summed E-state index contributed by atoms with van der Waals surface area (Å²) in [5.74, 6) is 0. The summed E-state index contributed by atoms with van der Waals surface area (Å²) in [5, 5.41) is 0. The molecule has 0 spiro atoms. The molecule has 3 atom stereocenters. The maximum atomic E-state index is 6.12. The van der Waals surface area contributed by atoms with Crippen molar-refractivity contribution in [3.63, 3.8) is 0 Å². The molecule has 4 saturated heterocycles. The lowest BCUT2D eigenvalue weighted by Crippen LogP contribution is -2.41. The molecule has 0 radical (unpaired) electrons. The van der Waals surface area contributed by atoms with Gasteiger partial charge in [-0.2, -0.15) is 0 Å². The molecule has 4 fully saturated rings. The van der Waals surface area contributed by atoms with Gasteiger partial charge >= 0.3 is 7.12 Å². The van der Waals surface area contributed by atoms with Gasteiger partial charge in [0.05, 0.1) is 11.2 Å². The molecule has 7 rings (SSSR count). The molecule has 0 amide bonds. The fourth-order valence-electron chi connectivity index (χ4n) is 6.94. The fourth-order valence-corrected chi connectivity index (χ4v) is 7.33. The van der Waals surface area contributed by atoms with Gasteiger partial charge in [-0.15, -0.1) is 0 Å². The molecule has 0 aliphatic carbocycles. The van der Waals surface area contributed by atoms with E-state index in [1.807, 2.05) is 43.2 Å². The van der Waals surface area contributed by atoms with Crippen LogP contribution in [0.25, 0.3) is 0 Å². The Morgan fingerprint density at radius 2 is 1.15 bits per heavy atom. The van der Waals surface area contributed by atoms with E-state index in [-0.39, 0.29) is 18.3 Å². The molecule has 4 aliphatic heterocycles. The second kappa shape index (κ2) is 15.3. The van der Waals surface area contributed by atoms with Crippen molar-refractivity contribution >= 4 is 28.5 Å². The van der Waals surface area contributed by atoms with Gasteiger partial charge in [0, 0.05) is 65.2 Å². The van der Waals surface area contributed by atoms with Crippen molar-refractivity contribution in [1.82, 2.24) is 29.7 Å². The Kier molecular flexibility index (Phi) is 11.7. The number of likely N-dealkylation sites (tertiary alicyclic amines) is 3. The fraction of sp³-hybridized carbons (Fsp3) is 0.583. The first-order valence-corrected chi connectivity index (χ1v) is 17.7. The predicted octanol–water partition coefficient (Wildman–Crippen LogP) is 6.61. The highest BCUT2D eigenvalue weighted by atomic mass is 79.9. The summed E-state index contributed by atoms with van der Waals surface area (Å²) >= 11 is 3.45. The van der Waals surface area contributed by atoms with Crippen LogP contribution in [0.2, 0.25) is 0 Å². The van der Waals surface area contributed by atoms with Crippen LogP contribution in [0.4, 0.5) is 0 Å². The third-order valence-electron chi connectivity index (χ3n) is 10.4. The Balaban J connectivity index is 0.000000144. The summed E-state index contributed by atoms with van der Waals surface area (Å²) in [7, 11) is 6.22. The molecule has 0 N–H and O–H groups in total. The molecule has 0 bridgehead atoms. The van der Waals surface area contributed by atoms with Crippen molar-refractivity contribution in [3.05, 3.63) is 82.6 Å². The van der Waals surface area contributed by atoms with E-state index in [9.17, 15) is 0 Å². The minimum absolute atomic E-state index is 0.308. The number of hydrogen-bond donors (Lipinski definition) is 0. The lowest BCUT2D eigenvalue weighted by Gasteiger charge is -2.32. The summed E-state index contributed by atoms with van der Waals surface area (Å²) in [5.41, 5.74) is 4.36. The summed E-state index contributed by atoms with van der Waals surface area (Å²) in [6.45, 7) is 11.9. The summed E-state index contributed by atoms with van der Waals surface area (Å²) in [6, 6.07) is 10.2. The van der Waals surface area contributed by atoms with Gasteiger partial charge in [0.15, 0.2) is 0 Å². The van der Waals surface area contributed by atoms with Crippen molar-refractivity contribution in [3.8, 4) is 0 Å². The van der Waals surface area contributed by atoms with Crippen LogP contribution in [0.15, 0.2) is 65.9 Å². The molecule has 248 valence electrons. The van der Waals surface area contributed by atoms with Gasteiger partial charge < -0.3 is 9.31 Å². The SMILES string of the molecule is CN1CCC[C@H]1c1cccnc1.CN1CCC[C@H]1c1cncc(B2OC(C)(C)C(C)(C)O2)c1.CN1CCC[C@H]1c1cncc(Br)c1. The highest BCUT2D eigenvalue weighted by Crippen LogP contribution is 2.37. The molecule has 46 heavy (non-hydrogen) atoms. The Hall–Kier alpha value is -2.21. The average Bonchev–Trinajstić information content (AvgIpc) is 3.82. The minimum atomic E-state index is -0.325. The van der Waals surface area contributed by atoms with Crippen LogP contribution in [0.5, 0.6) is 0 Å². The van der Waals surface area contributed by atoms with Crippen LogP contribution in [0, 0.1) is 0 Å². The van der Waals surface area contributed by atoms with Crippen molar-refractivity contribution < 1.29 is 9.31 Å². The normalized spacial score (nSPS) is 26.0. The highest BCUT2D eigenvalue weighted by Gasteiger charge is 2.52. The van der Waals surface area contributed by atoms with E-state index in [0.29, 0.717) is 18.1 Å². The van der Waals surface area contributed by atoms with Crippen LogP contribution in [-0.4, -0.2) is 88.7 Å². The molecule has 8 nitrogen and oxygen atoms in total. The minimum Gasteiger partial charge on any atom is -0.399 e. The first-order valence-electron chi connectivity index (χ1n) is 16.9. The molecular weight excluding hydrogens is 639 g/mol. The van der Waals surface area contributed by atoms with E-state index >= 15 is 0 Å². The van der Waals surface area contributed by atoms with Crippen LogP contribution in [-0.2, 0) is 9.31 Å². The van der Waals surface area contributed by atoms with Crippen molar-refractivity contribution in [2.45, 2.75) is 95.5 Å². The first-order chi connectivity index (χ1) is 21.9. The molecule has 3 aromatic heterocycles. The molecule has 3 aromatic rings. The second-order valence-corrected chi connectivity index (χ2v) is 15.2. The maximum Gasteiger partial charge on any atom is 0.496 e. The van der Waals surface area contributed by atoms with E-state index in [1.54, 1.807) is 0 Å². The summed E-state index contributed by atoms with van der Waals surface area (Å²) < 4.78 is 13.3. The Labute approximate surface area is 285 Å². The van der Waals surface area contributed by atoms with Crippen molar-refractivity contribution in [2.75, 3.05) is 40.8 Å². The first kappa shape index (κ1) is 35.1. The highest BCUT2D eigenvalue weighted by molar-refractivity contribution is 9.10. The number of aromatic nitrogens is 3. The second-order valence-electron chi connectivity index (χ2n) is 14.3. The van der Waals surface area contributed by atoms with Gasteiger partial charge in [0.2, 0.25) is 0 Å². The molecule has 0 aromatic carbocycles. The monoisotopic (exact) mass is 690 g/mol. The molecule has 4 aliphatic rings. The zero-order valence-electron chi connectivity index (χ0n) is 28.8. The molecular formula is C36H52BBrN6O2. The number of hydrogen-bond acceptors (Lipinski definition) is 8. The lowest BCUT2D eigenvalue weighted by molar-refractivity contribution is 0.00578. The molecule has 10 heteroatoms. The van der Waals surface area contributed by atoms with Gasteiger partial charge in [-0.05, 0) is 152 Å². The topological polar surface area (TPSA) is 66.9 Å². The molecule has 0 saturated carbocycles. The third-order valence-corrected chi connectivity index (χ3v) is 10.9. The predicted molar refractivity (Wildman–Crippen MR) is 190 cm³/mol. The third kappa shape index (κ3) is 8.44. The smallest absolute Gasteiger partial charge is 0.399 e. The van der Waals surface area contributed by atoms with Crippen LogP contribution >= 0.6 is 15.9 Å². The molecule has 0 unspecified atom stereocenters. The molecule has 7 heterocycles. The Morgan fingerprint density at radius 3 is 1.61 bits per heavy atom.